The minimum absolute atomic E-state index is 0.117. The Morgan fingerprint density at radius 1 is 1.38 bits per heavy atom. The van der Waals surface area contributed by atoms with Crippen LogP contribution >= 0.6 is 15.9 Å². The largest absolute Gasteiger partial charge is 0.383 e. The summed E-state index contributed by atoms with van der Waals surface area (Å²) in [6.07, 6.45) is 5.47. The summed E-state index contributed by atoms with van der Waals surface area (Å²) in [5, 5.41) is 0. The highest BCUT2D eigenvalue weighted by Gasteiger charge is 2.25. The highest BCUT2D eigenvalue weighted by atomic mass is 79.9. The van der Waals surface area contributed by atoms with Gasteiger partial charge in [0.1, 0.15) is 17.3 Å². The van der Waals surface area contributed by atoms with Crippen LogP contribution in [0.5, 0.6) is 0 Å². The van der Waals surface area contributed by atoms with E-state index in [0.717, 1.165) is 27.1 Å². The second-order valence-corrected chi connectivity index (χ2v) is 7.03. The van der Waals surface area contributed by atoms with Gasteiger partial charge in [0.15, 0.2) is 0 Å². The molecule has 0 aliphatic carbocycles. The molecule has 2 N–H and O–H groups in total. The fraction of sp³-hybridized carbons (Fsp3) is 0.353. The van der Waals surface area contributed by atoms with Gasteiger partial charge in [0.25, 0.3) is 0 Å². The molecule has 0 unspecified atom stereocenters. The number of aryl methyl sites for hydroxylation is 1. The average molecular weight is 346 g/mol. The number of nitrogens with zero attached hydrogens (tertiary/aromatic N) is 2. The first-order valence-electron chi connectivity index (χ1n) is 6.82. The highest BCUT2D eigenvalue weighted by Crippen LogP contribution is 2.33. The monoisotopic (exact) mass is 345 g/mol. The van der Waals surface area contributed by atoms with Crippen LogP contribution in [0.2, 0.25) is 0 Å². The van der Waals surface area contributed by atoms with Crippen molar-refractivity contribution in [3.63, 3.8) is 0 Å². The molecule has 1 aromatic carbocycles. The number of hydrogen-bond acceptors (Lipinski definition) is 2. The lowest BCUT2D eigenvalue weighted by Crippen LogP contribution is -2.19. The van der Waals surface area contributed by atoms with Crippen LogP contribution < -0.4 is 5.73 Å². The number of imidazole rings is 1. The van der Waals surface area contributed by atoms with E-state index in [-0.39, 0.29) is 5.41 Å². The Bertz CT molecular complexity index is 715. The molecule has 0 spiro atoms. The molecule has 1 heterocycles. The fourth-order valence-corrected chi connectivity index (χ4v) is 2.54. The molecule has 2 aromatic rings. The normalized spacial score (nSPS) is 11.4. The summed E-state index contributed by atoms with van der Waals surface area (Å²) in [5.41, 5.74) is 9.14. The van der Waals surface area contributed by atoms with Crippen molar-refractivity contribution in [2.75, 3.05) is 5.73 Å². The quantitative estimate of drug-likeness (QED) is 0.831. The molecule has 0 amide bonds. The molecule has 21 heavy (non-hydrogen) atoms. The summed E-state index contributed by atoms with van der Waals surface area (Å²) in [7, 11) is 0. The number of nitrogen functional groups attached to an aromatic ring is 1. The van der Waals surface area contributed by atoms with Crippen LogP contribution in [0.15, 0.2) is 22.7 Å². The lowest BCUT2D eigenvalue weighted by Gasteiger charge is -2.18. The molecule has 0 saturated heterocycles. The number of hydrogen-bond donors (Lipinski definition) is 1. The summed E-state index contributed by atoms with van der Waals surface area (Å²) >= 11 is 3.51. The Morgan fingerprint density at radius 3 is 2.57 bits per heavy atom. The van der Waals surface area contributed by atoms with E-state index in [1.807, 2.05) is 23.6 Å². The standard InChI is InChI=1S/C17H20BrN3/c1-6-9-21-15(19)14(20-16(21)17(3,4)5)12-7-8-13(18)11(2)10-12/h1,7-8,10H,9,19H2,2-5H3. The number of benzene rings is 1. The molecule has 0 bridgehead atoms. The molecule has 4 heteroatoms. The van der Waals surface area contributed by atoms with Gasteiger partial charge in [-0.05, 0) is 24.6 Å². The fourth-order valence-electron chi connectivity index (χ4n) is 2.29. The number of nitrogens with two attached hydrogens (primary N) is 1. The van der Waals surface area contributed by atoms with Crippen molar-refractivity contribution in [3.8, 4) is 23.6 Å². The van der Waals surface area contributed by atoms with Crippen molar-refractivity contribution in [1.29, 1.82) is 0 Å². The van der Waals surface area contributed by atoms with Crippen LogP contribution in [-0.2, 0) is 12.0 Å². The number of anilines is 1. The summed E-state index contributed by atoms with van der Waals surface area (Å²) < 4.78 is 3.00. The Kier molecular flexibility index (Phi) is 4.15. The Morgan fingerprint density at radius 2 is 2.05 bits per heavy atom. The molecule has 0 saturated carbocycles. The van der Waals surface area contributed by atoms with Crippen LogP contribution in [0, 0.1) is 19.3 Å². The van der Waals surface area contributed by atoms with Gasteiger partial charge in [0.2, 0.25) is 0 Å². The Labute approximate surface area is 134 Å². The van der Waals surface area contributed by atoms with E-state index < -0.39 is 0 Å². The molecule has 2 rings (SSSR count). The lowest BCUT2D eigenvalue weighted by molar-refractivity contribution is 0.517. The molecule has 1 aromatic heterocycles. The van der Waals surface area contributed by atoms with E-state index in [1.54, 1.807) is 0 Å². The van der Waals surface area contributed by atoms with Gasteiger partial charge in [-0.1, -0.05) is 48.7 Å². The van der Waals surface area contributed by atoms with Gasteiger partial charge in [-0.2, -0.15) is 0 Å². The van der Waals surface area contributed by atoms with Crippen molar-refractivity contribution in [3.05, 3.63) is 34.1 Å². The third kappa shape index (κ3) is 2.98. The molecule has 0 atom stereocenters. The van der Waals surface area contributed by atoms with Gasteiger partial charge in [0.05, 0.1) is 6.54 Å². The molecule has 0 aliphatic rings. The second-order valence-electron chi connectivity index (χ2n) is 6.17. The van der Waals surface area contributed by atoms with Crippen molar-refractivity contribution in [1.82, 2.24) is 9.55 Å². The number of terminal acetylenes is 1. The van der Waals surface area contributed by atoms with E-state index in [0.29, 0.717) is 12.4 Å². The SMILES string of the molecule is C#CCn1c(C(C)(C)C)nc(-c2ccc(Br)c(C)c2)c1N. The Balaban J connectivity index is 2.65. The lowest BCUT2D eigenvalue weighted by atomic mass is 9.95. The number of rotatable bonds is 2. The van der Waals surface area contributed by atoms with E-state index in [4.69, 9.17) is 17.1 Å². The van der Waals surface area contributed by atoms with Crippen LogP contribution in [0.4, 0.5) is 5.82 Å². The Hall–Kier alpha value is -1.73. The van der Waals surface area contributed by atoms with Crippen LogP contribution in [0.3, 0.4) is 0 Å². The number of aromatic nitrogens is 2. The first kappa shape index (κ1) is 15.7. The van der Waals surface area contributed by atoms with E-state index >= 15 is 0 Å². The van der Waals surface area contributed by atoms with Gasteiger partial charge in [-0.3, -0.25) is 0 Å². The van der Waals surface area contributed by atoms with Crippen molar-refractivity contribution >= 4 is 21.7 Å². The van der Waals surface area contributed by atoms with Crippen LogP contribution in [-0.4, -0.2) is 9.55 Å². The summed E-state index contributed by atoms with van der Waals surface area (Å²) in [6, 6.07) is 6.11. The molecule has 0 radical (unpaired) electrons. The molecule has 0 fully saturated rings. The summed E-state index contributed by atoms with van der Waals surface area (Å²) in [6.45, 7) is 8.81. The minimum Gasteiger partial charge on any atom is -0.383 e. The smallest absolute Gasteiger partial charge is 0.132 e. The third-order valence-corrected chi connectivity index (χ3v) is 4.25. The van der Waals surface area contributed by atoms with Crippen LogP contribution in [0.25, 0.3) is 11.3 Å². The zero-order chi connectivity index (χ0) is 15.8. The molecular weight excluding hydrogens is 326 g/mol. The van der Waals surface area contributed by atoms with Crippen molar-refractivity contribution in [2.45, 2.75) is 39.7 Å². The zero-order valence-corrected chi connectivity index (χ0v) is 14.5. The summed E-state index contributed by atoms with van der Waals surface area (Å²) in [5.74, 6) is 4.19. The average Bonchev–Trinajstić information content (AvgIpc) is 2.71. The number of halogens is 1. The third-order valence-electron chi connectivity index (χ3n) is 3.36. The van der Waals surface area contributed by atoms with Gasteiger partial charge in [-0.15, -0.1) is 6.42 Å². The van der Waals surface area contributed by atoms with Gasteiger partial charge >= 0.3 is 0 Å². The van der Waals surface area contributed by atoms with Gasteiger partial charge < -0.3 is 10.3 Å². The maximum atomic E-state index is 6.30. The van der Waals surface area contributed by atoms with Crippen LogP contribution in [0.1, 0.15) is 32.2 Å². The zero-order valence-electron chi connectivity index (χ0n) is 12.9. The predicted octanol–water partition coefficient (Wildman–Crippen LogP) is 4.13. The van der Waals surface area contributed by atoms with E-state index in [1.165, 1.54) is 0 Å². The van der Waals surface area contributed by atoms with Gasteiger partial charge in [0, 0.05) is 15.5 Å². The van der Waals surface area contributed by atoms with E-state index in [9.17, 15) is 0 Å². The molecule has 0 aliphatic heterocycles. The maximum absolute atomic E-state index is 6.30. The van der Waals surface area contributed by atoms with E-state index in [2.05, 4.69) is 48.7 Å². The first-order valence-corrected chi connectivity index (χ1v) is 7.61. The highest BCUT2D eigenvalue weighted by molar-refractivity contribution is 9.10. The van der Waals surface area contributed by atoms with Crippen molar-refractivity contribution in [2.24, 2.45) is 0 Å². The topological polar surface area (TPSA) is 43.8 Å². The van der Waals surface area contributed by atoms with Crippen molar-refractivity contribution < 1.29 is 0 Å². The summed E-state index contributed by atoms with van der Waals surface area (Å²) in [4.78, 5) is 4.77. The predicted molar refractivity (Wildman–Crippen MR) is 92.0 cm³/mol. The second kappa shape index (κ2) is 5.57. The van der Waals surface area contributed by atoms with Gasteiger partial charge in [-0.25, -0.2) is 4.98 Å². The molecule has 3 nitrogen and oxygen atoms in total. The first-order chi connectivity index (χ1) is 9.75. The maximum Gasteiger partial charge on any atom is 0.132 e. The minimum atomic E-state index is -0.117. The molecule has 110 valence electrons. The molecular formula is C17H20BrN3.